The summed E-state index contributed by atoms with van der Waals surface area (Å²) in [5, 5.41) is 1.61. The van der Waals surface area contributed by atoms with E-state index in [9.17, 15) is 14.4 Å². The van der Waals surface area contributed by atoms with Crippen molar-refractivity contribution in [3.63, 3.8) is 0 Å². The van der Waals surface area contributed by atoms with Gasteiger partial charge in [0.1, 0.15) is 11.1 Å². The van der Waals surface area contributed by atoms with Gasteiger partial charge in [0.25, 0.3) is 0 Å². The molecule has 3 rings (SSSR count). The second kappa shape index (κ2) is 7.97. The molecule has 1 spiro atoms. The van der Waals surface area contributed by atoms with Crippen molar-refractivity contribution in [3.8, 4) is 0 Å². The summed E-state index contributed by atoms with van der Waals surface area (Å²) in [7, 11) is 2.54. The van der Waals surface area contributed by atoms with E-state index in [-0.39, 0.29) is 23.2 Å². The van der Waals surface area contributed by atoms with E-state index in [1.807, 2.05) is 20.8 Å². The average molecular weight is 408 g/mol. The van der Waals surface area contributed by atoms with Crippen LogP contribution < -0.4 is 0 Å². The number of esters is 2. The molecule has 1 amide bonds. The van der Waals surface area contributed by atoms with E-state index in [0.717, 1.165) is 32.1 Å². The lowest BCUT2D eigenvalue weighted by Crippen LogP contribution is -2.82. The van der Waals surface area contributed by atoms with Crippen molar-refractivity contribution in [1.82, 2.24) is 9.96 Å². The van der Waals surface area contributed by atoms with Crippen LogP contribution in [0, 0.1) is 5.92 Å². The molecule has 0 radical (unpaired) electrons. The fourth-order valence-corrected chi connectivity index (χ4v) is 5.57. The van der Waals surface area contributed by atoms with E-state index < -0.39 is 23.0 Å². The third-order valence-electron chi connectivity index (χ3n) is 6.93. The van der Waals surface area contributed by atoms with E-state index in [0.29, 0.717) is 19.5 Å². The van der Waals surface area contributed by atoms with Gasteiger partial charge in [-0.2, -0.15) is 0 Å². The van der Waals surface area contributed by atoms with Crippen molar-refractivity contribution in [2.45, 2.75) is 70.4 Å². The quantitative estimate of drug-likeness (QED) is 0.645. The number of methoxy groups -OCH3 is 2. The Labute approximate surface area is 172 Å². The standard InChI is InChI=1S/C21H32N2O6/c1-6-22(7-2)19(26)20(3)14-12-10-8-9-11-13-21(14)15(17(24)27-4)16(18(25)28-5)29-23(20)21/h14H,6-13H2,1-5H3/t14-,20-,21-/m1/s1. The van der Waals surface area contributed by atoms with Gasteiger partial charge in [0.15, 0.2) is 0 Å². The fraction of sp³-hybridized carbons (Fsp3) is 0.762. The van der Waals surface area contributed by atoms with Crippen LogP contribution in [0.2, 0.25) is 0 Å². The monoisotopic (exact) mass is 408 g/mol. The topological polar surface area (TPSA) is 85.4 Å². The summed E-state index contributed by atoms with van der Waals surface area (Å²) < 4.78 is 9.92. The van der Waals surface area contributed by atoms with Crippen molar-refractivity contribution in [2.24, 2.45) is 5.92 Å². The number of hydroxylamine groups is 2. The van der Waals surface area contributed by atoms with Crippen molar-refractivity contribution in [1.29, 1.82) is 0 Å². The van der Waals surface area contributed by atoms with Gasteiger partial charge in [0.05, 0.1) is 19.8 Å². The molecule has 1 aliphatic carbocycles. The molecule has 0 aromatic rings. The summed E-state index contributed by atoms with van der Waals surface area (Å²) in [6, 6.07) is 0. The zero-order valence-electron chi connectivity index (χ0n) is 18.1. The summed E-state index contributed by atoms with van der Waals surface area (Å²) in [6.07, 6.45) is 5.36. The Hall–Kier alpha value is -2.09. The highest BCUT2D eigenvalue weighted by Gasteiger charge is 2.78. The van der Waals surface area contributed by atoms with Crippen LogP contribution in [-0.2, 0) is 28.7 Å². The second-order valence-corrected chi connectivity index (χ2v) is 8.13. The Morgan fingerprint density at radius 2 is 1.69 bits per heavy atom. The second-order valence-electron chi connectivity index (χ2n) is 8.13. The van der Waals surface area contributed by atoms with E-state index in [1.54, 1.807) is 9.96 Å². The number of carbonyl (C=O) groups excluding carboxylic acids is 3. The lowest BCUT2D eigenvalue weighted by molar-refractivity contribution is -0.323. The number of likely N-dealkylation sites (N-methyl/N-ethyl adjacent to an activating group) is 1. The molecule has 8 nitrogen and oxygen atoms in total. The van der Waals surface area contributed by atoms with E-state index in [1.165, 1.54) is 14.2 Å². The van der Waals surface area contributed by atoms with Gasteiger partial charge in [-0.25, -0.2) is 9.59 Å². The third-order valence-corrected chi connectivity index (χ3v) is 6.93. The number of ether oxygens (including phenoxy) is 2. The van der Waals surface area contributed by atoms with Gasteiger partial charge >= 0.3 is 11.9 Å². The van der Waals surface area contributed by atoms with Crippen LogP contribution in [-0.4, -0.2) is 66.2 Å². The van der Waals surface area contributed by atoms with Crippen molar-refractivity contribution >= 4 is 17.8 Å². The number of amides is 1. The Kier molecular flexibility index (Phi) is 5.94. The first-order chi connectivity index (χ1) is 13.8. The molecule has 2 aliphatic heterocycles. The molecule has 0 aromatic heterocycles. The van der Waals surface area contributed by atoms with Crippen LogP contribution in [0.1, 0.15) is 59.3 Å². The van der Waals surface area contributed by atoms with Gasteiger partial charge in [-0.3, -0.25) is 4.79 Å². The fourth-order valence-electron chi connectivity index (χ4n) is 5.57. The molecule has 0 aromatic carbocycles. The van der Waals surface area contributed by atoms with Gasteiger partial charge < -0.3 is 19.2 Å². The summed E-state index contributed by atoms with van der Waals surface area (Å²) in [4.78, 5) is 46.6. The number of rotatable bonds is 5. The van der Waals surface area contributed by atoms with Gasteiger partial charge in [-0.15, -0.1) is 5.06 Å². The summed E-state index contributed by atoms with van der Waals surface area (Å²) in [6.45, 7) is 6.92. The number of nitrogens with zero attached hydrogens (tertiary/aromatic N) is 2. The predicted octanol–water partition coefficient (Wildman–Crippen LogP) is 2.18. The Morgan fingerprint density at radius 1 is 1.07 bits per heavy atom. The van der Waals surface area contributed by atoms with Crippen molar-refractivity contribution < 1.29 is 28.7 Å². The molecule has 1 saturated heterocycles. The Balaban J connectivity index is 2.15. The molecule has 2 heterocycles. The van der Waals surface area contributed by atoms with Gasteiger partial charge in [-0.05, 0) is 33.6 Å². The van der Waals surface area contributed by atoms with Gasteiger partial charge in [0, 0.05) is 19.0 Å². The highest BCUT2D eigenvalue weighted by molar-refractivity contribution is 6.03. The highest BCUT2D eigenvalue weighted by atomic mass is 16.7. The van der Waals surface area contributed by atoms with Crippen LogP contribution in [0.15, 0.2) is 11.3 Å². The maximum atomic E-state index is 13.5. The van der Waals surface area contributed by atoms with Crippen LogP contribution in [0.5, 0.6) is 0 Å². The van der Waals surface area contributed by atoms with Gasteiger partial charge in [-0.1, -0.05) is 25.7 Å². The summed E-state index contributed by atoms with van der Waals surface area (Å²) in [5.74, 6) is -1.68. The first kappa shape index (κ1) is 21.6. The molecular formula is C21H32N2O6. The molecule has 29 heavy (non-hydrogen) atoms. The Bertz CT molecular complexity index is 731. The van der Waals surface area contributed by atoms with E-state index >= 15 is 0 Å². The maximum Gasteiger partial charge on any atom is 0.376 e. The van der Waals surface area contributed by atoms with Crippen LogP contribution in [0.3, 0.4) is 0 Å². The molecule has 0 N–H and O–H groups in total. The van der Waals surface area contributed by atoms with Crippen molar-refractivity contribution in [3.05, 3.63) is 11.3 Å². The normalized spacial score (nSPS) is 31.4. The number of hydrogen-bond donors (Lipinski definition) is 0. The van der Waals surface area contributed by atoms with Crippen LogP contribution >= 0.6 is 0 Å². The van der Waals surface area contributed by atoms with E-state index in [4.69, 9.17) is 14.3 Å². The molecule has 3 atom stereocenters. The third kappa shape index (κ3) is 2.86. The molecule has 1 saturated carbocycles. The minimum absolute atomic E-state index is 0.0426. The minimum atomic E-state index is -0.960. The smallest absolute Gasteiger partial charge is 0.376 e. The average Bonchev–Trinajstić information content (AvgIpc) is 3.03. The lowest BCUT2D eigenvalue weighted by Gasteiger charge is -2.65. The zero-order chi connectivity index (χ0) is 21.4. The largest absolute Gasteiger partial charge is 0.465 e. The van der Waals surface area contributed by atoms with Crippen LogP contribution in [0.4, 0.5) is 0 Å². The minimum Gasteiger partial charge on any atom is -0.465 e. The SMILES string of the molecule is CCN(CC)C(=O)[C@@]1(C)[C@H]2CCCCCC[C@]23C(C(=O)OC)=C(C(=O)OC)ON13. The molecule has 3 aliphatic rings. The summed E-state index contributed by atoms with van der Waals surface area (Å²) >= 11 is 0. The summed E-state index contributed by atoms with van der Waals surface area (Å²) in [5.41, 5.74) is -1.60. The van der Waals surface area contributed by atoms with Crippen molar-refractivity contribution in [2.75, 3.05) is 27.3 Å². The molecule has 162 valence electrons. The highest BCUT2D eigenvalue weighted by Crippen LogP contribution is 2.63. The number of hydrogen-bond acceptors (Lipinski definition) is 7. The Morgan fingerprint density at radius 3 is 2.28 bits per heavy atom. The first-order valence-corrected chi connectivity index (χ1v) is 10.5. The zero-order valence-corrected chi connectivity index (χ0v) is 18.1. The first-order valence-electron chi connectivity index (χ1n) is 10.5. The lowest BCUT2D eigenvalue weighted by atomic mass is 9.54. The number of carbonyl (C=O) groups is 3. The van der Waals surface area contributed by atoms with E-state index in [2.05, 4.69) is 0 Å². The maximum absolute atomic E-state index is 13.5. The molecule has 0 unspecified atom stereocenters. The van der Waals surface area contributed by atoms with Crippen LogP contribution in [0.25, 0.3) is 0 Å². The van der Waals surface area contributed by atoms with Gasteiger partial charge in [0.2, 0.25) is 11.7 Å². The molecule has 8 heteroatoms. The predicted molar refractivity (Wildman–Crippen MR) is 104 cm³/mol. The molecule has 0 bridgehead atoms. The molecular weight excluding hydrogens is 376 g/mol. The molecule has 2 fully saturated rings.